The third-order valence-electron chi connectivity index (χ3n) is 4.75. The maximum atomic E-state index is 13.2. The minimum atomic E-state index is -0.765. The number of rotatable bonds is 7. The van der Waals surface area contributed by atoms with Gasteiger partial charge in [-0.2, -0.15) is 0 Å². The molecule has 1 N–H and O–H groups in total. The summed E-state index contributed by atoms with van der Waals surface area (Å²) in [5.41, 5.74) is 2.54. The first kappa shape index (κ1) is 22.1. The van der Waals surface area contributed by atoms with Gasteiger partial charge in [0.1, 0.15) is 5.57 Å². The molecule has 3 rings (SSSR count). The molecule has 0 aliphatic carbocycles. The van der Waals surface area contributed by atoms with E-state index in [0.717, 1.165) is 22.4 Å². The van der Waals surface area contributed by atoms with Gasteiger partial charge in [0.05, 0.1) is 18.9 Å². The third-order valence-corrected chi connectivity index (χ3v) is 4.75. The van der Waals surface area contributed by atoms with Gasteiger partial charge in [-0.05, 0) is 68.2 Å². The number of hydrogen-bond donors (Lipinski definition) is 1. The predicted molar refractivity (Wildman–Crippen MR) is 118 cm³/mol. The molecule has 0 unspecified atom stereocenters. The molecule has 7 nitrogen and oxygen atoms in total. The van der Waals surface area contributed by atoms with Crippen LogP contribution in [0.5, 0.6) is 11.5 Å². The normalized spacial score (nSPS) is 15.3. The number of aryl methyl sites for hydroxylation is 2. The van der Waals surface area contributed by atoms with Crippen LogP contribution in [0, 0.1) is 13.8 Å². The van der Waals surface area contributed by atoms with Crippen molar-refractivity contribution in [3.05, 3.63) is 58.7 Å². The summed E-state index contributed by atoms with van der Waals surface area (Å²) in [6.45, 7) is 8.54. The molecule has 31 heavy (non-hydrogen) atoms. The van der Waals surface area contributed by atoms with Crippen LogP contribution in [0.1, 0.15) is 37.0 Å². The van der Waals surface area contributed by atoms with Crippen LogP contribution in [0.2, 0.25) is 0 Å². The predicted octanol–water partition coefficient (Wildman–Crippen LogP) is 4.16. The first-order chi connectivity index (χ1) is 14.8. The highest BCUT2D eigenvalue weighted by Gasteiger charge is 2.37. The topological polar surface area (TPSA) is 84.9 Å². The molecule has 1 fully saturated rings. The Labute approximate surface area is 181 Å². The fourth-order valence-electron chi connectivity index (χ4n) is 3.22. The molecule has 1 aliphatic rings. The number of carbonyl (C=O) groups excluding carboxylic acids is 3. The molecule has 162 valence electrons. The summed E-state index contributed by atoms with van der Waals surface area (Å²) in [7, 11) is 0. The van der Waals surface area contributed by atoms with Crippen LogP contribution < -0.4 is 19.7 Å². The van der Waals surface area contributed by atoms with E-state index in [9.17, 15) is 14.4 Å². The molecule has 1 aliphatic heterocycles. The van der Waals surface area contributed by atoms with Gasteiger partial charge in [0, 0.05) is 0 Å². The van der Waals surface area contributed by atoms with Gasteiger partial charge in [-0.3, -0.25) is 14.9 Å². The van der Waals surface area contributed by atoms with Crippen LogP contribution in [-0.2, 0) is 9.59 Å². The van der Waals surface area contributed by atoms with Crippen LogP contribution in [0.25, 0.3) is 6.08 Å². The molecule has 4 amide bonds. The molecule has 2 aromatic rings. The van der Waals surface area contributed by atoms with Crippen molar-refractivity contribution in [1.29, 1.82) is 0 Å². The lowest BCUT2D eigenvalue weighted by Crippen LogP contribution is -2.54. The SMILES string of the molecule is CCCOc1ccc(/C=C2\C(=O)NC(=O)N(c3cc(C)ccc3C)C2=O)cc1OCC. The fraction of sp³-hybridized carbons (Fsp3) is 0.292. The highest BCUT2D eigenvalue weighted by molar-refractivity contribution is 6.39. The second-order valence-corrected chi connectivity index (χ2v) is 7.24. The van der Waals surface area contributed by atoms with Gasteiger partial charge in [0.2, 0.25) is 0 Å². The van der Waals surface area contributed by atoms with Crippen molar-refractivity contribution in [2.24, 2.45) is 0 Å². The molecule has 0 bridgehead atoms. The molecule has 7 heteroatoms. The zero-order chi connectivity index (χ0) is 22.5. The van der Waals surface area contributed by atoms with Gasteiger partial charge in [0.25, 0.3) is 11.8 Å². The van der Waals surface area contributed by atoms with Gasteiger partial charge in [-0.25, -0.2) is 9.69 Å². The summed E-state index contributed by atoms with van der Waals surface area (Å²) in [4.78, 5) is 39.1. The molecule has 0 saturated carbocycles. The largest absolute Gasteiger partial charge is 0.490 e. The minimum absolute atomic E-state index is 0.134. The second kappa shape index (κ2) is 9.47. The van der Waals surface area contributed by atoms with E-state index in [0.29, 0.717) is 36.0 Å². The Bertz CT molecular complexity index is 1060. The number of anilines is 1. The minimum Gasteiger partial charge on any atom is -0.490 e. The lowest BCUT2D eigenvalue weighted by Gasteiger charge is -2.27. The summed E-state index contributed by atoms with van der Waals surface area (Å²) < 4.78 is 11.3. The average molecular weight is 422 g/mol. The molecule has 0 atom stereocenters. The molecular weight excluding hydrogens is 396 g/mol. The van der Waals surface area contributed by atoms with E-state index in [1.54, 1.807) is 31.2 Å². The molecule has 1 heterocycles. The monoisotopic (exact) mass is 422 g/mol. The molecule has 1 saturated heterocycles. The first-order valence-electron chi connectivity index (χ1n) is 10.2. The fourth-order valence-corrected chi connectivity index (χ4v) is 3.22. The number of imide groups is 2. The van der Waals surface area contributed by atoms with E-state index in [-0.39, 0.29) is 5.57 Å². The summed E-state index contributed by atoms with van der Waals surface area (Å²) in [6.07, 6.45) is 2.31. The van der Waals surface area contributed by atoms with Gasteiger partial charge in [-0.15, -0.1) is 0 Å². The zero-order valence-electron chi connectivity index (χ0n) is 18.2. The maximum Gasteiger partial charge on any atom is 0.335 e. The third kappa shape index (κ3) is 4.77. The van der Waals surface area contributed by atoms with Crippen molar-refractivity contribution in [1.82, 2.24) is 5.32 Å². The smallest absolute Gasteiger partial charge is 0.335 e. The van der Waals surface area contributed by atoms with Gasteiger partial charge in [-0.1, -0.05) is 25.1 Å². The van der Waals surface area contributed by atoms with Crippen LogP contribution in [-0.4, -0.2) is 31.1 Å². The van der Waals surface area contributed by atoms with Crippen LogP contribution in [0.4, 0.5) is 10.5 Å². The highest BCUT2D eigenvalue weighted by atomic mass is 16.5. The Morgan fingerprint density at radius 2 is 1.74 bits per heavy atom. The van der Waals surface area contributed by atoms with E-state index in [1.165, 1.54) is 6.08 Å². The Balaban J connectivity index is 2.00. The Hall–Kier alpha value is -3.61. The second-order valence-electron chi connectivity index (χ2n) is 7.24. The zero-order valence-corrected chi connectivity index (χ0v) is 18.2. The summed E-state index contributed by atoms with van der Waals surface area (Å²) in [5, 5.41) is 2.26. The standard InChI is InChI=1S/C24H26N2O5/c1-5-11-31-20-10-9-17(14-21(20)30-6-2)13-18-22(27)25-24(29)26(23(18)28)19-12-15(3)7-8-16(19)4/h7-10,12-14H,5-6,11H2,1-4H3,(H,25,27,29)/b18-13+. The van der Waals surface area contributed by atoms with E-state index >= 15 is 0 Å². The summed E-state index contributed by atoms with van der Waals surface area (Å²) >= 11 is 0. The van der Waals surface area contributed by atoms with E-state index < -0.39 is 17.8 Å². The lowest BCUT2D eigenvalue weighted by molar-refractivity contribution is -0.122. The van der Waals surface area contributed by atoms with Crippen molar-refractivity contribution in [3.63, 3.8) is 0 Å². The van der Waals surface area contributed by atoms with Crippen molar-refractivity contribution < 1.29 is 23.9 Å². The van der Waals surface area contributed by atoms with Gasteiger partial charge < -0.3 is 9.47 Å². The highest BCUT2D eigenvalue weighted by Crippen LogP contribution is 2.31. The van der Waals surface area contributed by atoms with Crippen LogP contribution >= 0.6 is 0 Å². The lowest BCUT2D eigenvalue weighted by atomic mass is 10.0. The molecule has 2 aromatic carbocycles. The van der Waals surface area contributed by atoms with Crippen molar-refractivity contribution in [2.75, 3.05) is 18.1 Å². The van der Waals surface area contributed by atoms with E-state index in [4.69, 9.17) is 9.47 Å². The van der Waals surface area contributed by atoms with Crippen LogP contribution in [0.3, 0.4) is 0 Å². The number of carbonyl (C=O) groups is 3. The Morgan fingerprint density at radius 1 is 0.968 bits per heavy atom. The summed E-state index contributed by atoms with van der Waals surface area (Å²) in [5.74, 6) is -0.290. The van der Waals surface area contributed by atoms with E-state index in [2.05, 4.69) is 5.32 Å². The number of hydrogen-bond acceptors (Lipinski definition) is 5. The number of urea groups is 1. The number of benzene rings is 2. The van der Waals surface area contributed by atoms with Crippen molar-refractivity contribution >= 4 is 29.6 Å². The molecule has 0 aromatic heterocycles. The number of ether oxygens (including phenoxy) is 2. The van der Waals surface area contributed by atoms with Gasteiger partial charge in [0.15, 0.2) is 11.5 Å². The Morgan fingerprint density at radius 3 is 2.45 bits per heavy atom. The quantitative estimate of drug-likeness (QED) is 0.535. The number of amides is 4. The number of barbiturate groups is 1. The molecule has 0 radical (unpaired) electrons. The van der Waals surface area contributed by atoms with Gasteiger partial charge >= 0.3 is 6.03 Å². The van der Waals surface area contributed by atoms with Crippen LogP contribution in [0.15, 0.2) is 42.0 Å². The molecular formula is C24H26N2O5. The number of nitrogens with one attached hydrogen (secondary N) is 1. The first-order valence-corrected chi connectivity index (χ1v) is 10.2. The average Bonchev–Trinajstić information content (AvgIpc) is 2.73. The summed E-state index contributed by atoms with van der Waals surface area (Å²) in [6, 6.07) is 9.89. The maximum absolute atomic E-state index is 13.2. The van der Waals surface area contributed by atoms with E-state index in [1.807, 2.05) is 32.9 Å². The van der Waals surface area contributed by atoms with Crippen molar-refractivity contribution in [3.8, 4) is 11.5 Å². The number of nitrogens with zero attached hydrogens (tertiary/aromatic N) is 1. The Kier molecular flexibility index (Phi) is 6.74. The molecule has 0 spiro atoms. The van der Waals surface area contributed by atoms with Crippen molar-refractivity contribution in [2.45, 2.75) is 34.1 Å².